The van der Waals surface area contributed by atoms with E-state index in [-0.39, 0.29) is 0 Å². The Kier molecular flexibility index (Phi) is 5.56. The number of benzene rings is 1. The molecule has 0 fully saturated rings. The third-order valence-electron chi connectivity index (χ3n) is 3.10. The summed E-state index contributed by atoms with van der Waals surface area (Å²) >= 11 is 3.61. The van der Waals surface area contributed by atoms with Gasteiger partial charge in [0.05, 0.1) is 17.3 Å². The van der Waals surface area contributed by atoms with Gasteiger partial charge in [0.15, 0.2) is 5.82 Å². The predicted molar refractivity (Wildman–Crippen MR) is 89.9 cm³/mol. The monoisotopic (exact) mass is 349 g/mol. The number of hydrogen-bond donors (Lipinski definition) is 1. The van der Waals surface area contributed by atoms with Crippen LogP contribution in [0.2, 0.25) is 0 Å². The molecule has 4 nitrogen and oxygen atoms in total. The number of anilines is 1. The first-order chi connectivity index (χ1) is 10.2. The van der Waals surface area contributed by atoms with Crippen molar-refractivity contribution in [3.63, 3.8) is 0 Å². The zero-order chi connectivity index (χ0) is 15.2. The first-order valence-corrected chi connectivity index (χ1v) is 7.93. The highest BCUT2D eigenvalue weighted by molar-refractivity contribution is 9.10. The summed E-state index contributed by atoms with van der Waals surface area (Å²) in [5.74, 6) is 2.42. The van der Waals surface area contributed by atoms with Crippen molar-refractivity contribution in [2.45, 2.75) is 26.7 Å². The van der Waals surface area contributed by atoms with Crippen molar-refractivity contribution in [3.8, 4) is 17.1 Å². The van der Waals surface area contributed by atoms with Gasteiger partial charge in [-0.3, -0.25) is 0 Å². The molecular formula is C16H20BrN3O. The van der Waals surface area contributed by atoms with E-state index in [0.29, 0.717) is 0 Å². The normalized spacial score (nSPS) is 10.5. The molecule has 0 aliphatic carbocycles. The summed E-state index contributed by atoms with van der Waals surface area (Å²) in [6.07, 6.45) is 1.97. The van der Waals surface area contributed by atoms with Crippen LogP contribution in [-0.4, -0.2) is 23.6 Å². The fourth-order valence-corrected chi connectivity index (χ4v) is 2.57. The molecule has 0 spiro atoms. The van der Waals surface area contributed by atoms with Crippen LogP contribution in [0.4, 0.5) is 5.82 Å². The molecule has 1 N–H and O–H groups in total. The molecule has 0 radical (unpaired) electrons. The fourth-order valence-electron chi connectivity index (χ4n) is 2.05. The van der Waals surface area contributed by atoms with E-state index >= 15 is 0 Å². The minimum absolute atomic E-state index is 0.736. The minimum Gasteiger partial charge on any atom is -0.497 e. The maximum Gasteiger partial charge on any atom is 0.161 e. The van der Waals surface area contributed by atoms with Gasteiger partial charge in [0.2, 0.25) is 0 Å². The van der Waals surface area contributed by atoms with E-state index in [1.807, 2.05) is 24.3 Å². The van der Waals surface area contributed by atoms with Crippen LogP contribution in [0, 0.1) is 0 Å². The van der Waals surface area contributed by atoms with Gasteiger partial charge in [-0.15, -0.1) is 0 Å². The van der Waals surface area contributed by atoms with Crippen LogP contribution in [0.5, 0.6) is 5.75 Å². The first kappa shape index (κ1) is 15.8. The minimum atomic E-state index is 0.736. The van der Waals surface area contributed by atoms with Crippen molar-refractivity contribution in [1.82, 2.24) is 9.97 Å². The lowest BCUT2D eigenvalue weighted by molar-refractivity contribution is 0.415. The van der Waals surface area contributed by atoms with E-state index < -0.39 is 0 Å². The zero-order valence-electron chi connectivity index (χ0n) is 12.6. The van der Waals surface area contributed by atoms with E-state index in [2.05, 4.69) is 40.1 Å². The van der Waals surface area contributed by atoms with Crippen molar-refractivity contribution >= 4 is 21.7 Å². The van der Waals surface area contributed by atoms with E-state index in [1.54, 1.807) is 7.11 Å². The molecule has 112 valence electrons. The summed E-state index contributed by atoms with van der Waals surface area (Å²) in [6, 6.07) is 7.81. The van der Waals surface area contributed by atoms with Crippen molar-refractivity contribution in [1.29, 1.82) is 0 Å². The molecule has 0 saturated carbocycles. The van der Waals surface area contributed by atoms with Gasteiger partial charge in [0, 0.05) is 12.1 Å². The van der Waals surface area contributed by atoms with Crippen LogP contribution < -0.4 is 10.1 Å². The van der Waals surface area contributed by atoms with Gasteiger partial charge >= 0.3 is 0 Å². The number of aromatic nitrogens is 2. The number of nitrogens with one attached hydrogen (secondary N) is 1. The quantitative estimate of drug-likeness (QED) is 0.844. The van der Waals surface area contributed by atoms with Crippen molar-refractivity contribution < 1.29 is 4.74 Å². The number of nitrogens with zero attached hydrogens (tertiary/aromatic N) is 2. The zero-order valence-corrected chi connectivity index (χ0v) is 14.2. The summed E-state index contributed by atoms with van der Waals surface area (Å²) < 4.78 is 6.15. The highest BCUT2D eigenvalue weighted by atomic mass is 79.9. The Bertz CT molecular complexity index is 572. The number of rotatable bonds is 6. The summed E-state index contributed by atoms with van der Waals surface area (Å²) in [4.78, 5) is 9.31. The molecule has 0 aliphatic heterocycles. The Morgan fingerprint density at radius 2 is 1.86 bits per heavy atom. The predicted octanol–water partition coefficient (Wildman–Crippen LogP) is 4.30. The SMILES string of the molecule is CCCc1nc(-c2ccc(OC)cc2)nc(NCC)c1Br. The fraction of sp³-hybridized carbons (Fsp3) is 0.375. The third-order valence-corrected chi connectivity index (χ3v) is 3.93. The van der Waals surface area contributed by atoms with Crippen LogP contribution >= 0.6 is 15.9 Å². The van der Waals surface area contributed by atoms with Gasteiger partial charge in [0.25, 0.3) is 0 Å². The lowest BCUT2D eigenvalue weighted by atomic mass is 10.2. The Morgan fingerprint density at radius 3 is 2.43 bits per heavy atom. The molecular weight excluding hydrogens is 330 g/mol. The van der Waals surface area contributed by atoms with Crippen LogP contribution in [0.3, 0.4) is 0 Å². The van der Waals surface area contributed by atoms with E-state index in [9.17, 15) is 0 Å². The topological polar surface area (TPSA) is 47.0 Å². The molecule has 0 bridgehead atoms. The van der Waals surface area contributed by atoms with Gasteiger partial charge in [-0.1, -0.05) is 13.3 Å². The molecule has 21 heavy (non-hydrogen) atoms. The standard InChI is InChI=1S/C16H20BrN3O/c1-4-6-13-14(17)16(18-5-2)20-15(19-13)11-7-9-12(21-3)10-8-11/h7-10H,4-6H2,1-3H3,(H,18,19,20). The lowest BCUT2D eigenvalue weighted by Gasteiger charge is -2.12. The summed E-state index contributed by atoms with van der Waals surface area (Å²) in [5, 5.41) is 3.28. The van der Waals surface area contributed by atoms with Gasteiger partial charge < -0.3 is 10.1 Å². The maximum absolute atomic E-state index is 5.19. The number of aryl methyl sites for hydroxylation is 1. The highest BCUT2D eigenvalue weighted by Gasteiger charge is 2.12. The van der Waals surface area contributed by atoms with Crippen LogP contribution in [-0.2, 0) is 6.42 Å². The van der Waals surface area contributed by atoms with Gasteiger partial charge in [-0.25, -0.2) is 9.97 Å². The Balaban J connectivity index is 2.45. The molecule has 0 unspecified atom stereocenters. The van der Waals surface area contributed by atoms with E-state index in [4.69, 9.17) is 9.72 Å². The van der Waals surface area contributed by atoms with Crippen molar-refractivity contribution in [3.05, 3.63) is 34.4 Å². The number of hydrogen-bond acceptors (Lipinski definition) is 4. The summed E-state index contributed by atoms with van der Waals surface area (Å²) in [6.45, 7) is 5.03. The second-order valence-electron chi connectivity index (χ2n) is 4.67. The van der Waals surface area contributed by atoms with E-state index in [0.717, 1.165) is 52.5 Å². The summed E-state index contributed by atoms with van der Waals surface area (Å²) in [5.41, 5.74) is 2.02. The van der Waals surface area contributed by atoms with E-state index in [1.165, 1.54) is 0 Å². The molecule has 5 heteroatoms. The molecule has 0 amide bonds. The molecule has 0 aliphatic rings. The molecule has 1 aromatic heterocycles. The molecule has 1 heterocycles. The highest BCUT2D eigenvalue weighted by Crippen LogP contribution is 2.28. The van der Waals surface area contributed by atoms with Crippen molar-refractivity contribution in [2.24, 2.45) is 0 Å². The molecule has 2 rings (SSSR count). The largest absolute Gasteiger partial charge is 0.497 e. The average Bonchev–Trinajstić information content (AvgIpc) is 2.51. The summed E-state index contributed by atoms with van der Waals surface area (Å²) in [7, 11) is 1.66. The molecule has 1 aromatic carbocycles. The number of ether oxygens (including phenoxy) is 1. The third kappa shape index (κ3) is 3.73. The maximum atomic E-state index is 5.19. The second-order valence-corrected chi connectivity index (χ2v) is 5.46. The van der Waals surface area contributed by atoms with Gasteiger partial charge in [-0.2, -0.15) is 0 Å². The Labute approximate surface area is 134 Å². The van der Waals surface area contributed by atoms with Gasteiger partial charge in [0.1, 0.15) is 11.6 Å². The number of halogens is 1. The van der Waals surface area contributed by atoms with Crippen LogP contribution in [0.15, 0.2) is 28.7 Å². The molecule has 0 atom stereocenters. The van der Waals surface area contributed by atoms with Crippen molar-refractivity contribution in [2.75, 3.05) is 19.0 Å². The van der Waals surface area contributed by atoms with Gasteiger partial charge in [-0.05, 0) is 53.5 Å². The second kappa shape index (κ2) is 7.41. The Morgan fingerprint density at radius 1 is 1.14 bits per heavy atom. The first-order valence-electron chi connectivity index (χ1n) is 7.14. The molecule has 2 aromatic rings. The van der Waals surface area contributed by atoms with Crippen LogP contribution in [0.1, 0.15) is 26.0 Å². The Hall–Kier alpha value is -1.62. The molecule has 0 saturated heterocycles. The lowest BCUT2D eigenvalue weighted by Crippen LogP contribution is -2.06. The number of methoxy groups -OCH3 is 1. The van der Waals surface area contributed by atoms with Crippen LogP contribution in [0.25, 0.3) is 11.4 Å². The smallest absolute Gasteiger partial charge is 0.161 e. The average molecular weight is 350 g/mol.